The van der Waals surface area contributed by atoms with Gasteiger partial charge in [-0.15, -0.1) is 5.10 Å². The van der Waals surface area contributed by atoms with Gasteiger partial charge in [0, 0.05) is 16.3 Å². The molecule has 2 N–H and O–H groups in total. The third-order valence-electron chi connectivity index (χ3n) is 3.09. The number of anilines is 2. The lowest BCUT2D eigenvalue weighted by atomic mass is 10.2. The minimum absolute atomic E-state index is 0.465. The minimum atomic E-state index is 0.465. The van der Waals surface area contributed by atoms with Crippen molar-refractivity contribution in [2.24, 2.45) is 0 Å². The fourth-order valence-electron chi connectivity index (χ4n) is 2.03. The average molecular weight is 349 g/mol. The molecule has 0 bridgehead atoms. The lowest BCUT2D eigenvalue weighted by Crippen LogP contribution is -1.93. The van der Waals surface area contributed by atoms with E-state index in [0.29, 0.717) is 34.2 Å². The summed E-state index contributed by atoms with van der Waals surface area (Å²) >= 11 is 12.1. The summed E-state index contributed by atoms with van der Waals surface area (Å²) < 4.78 is 5.42. The standard InChI is InChI=1S/C16H14Cl2N4O/c1-2-23-14-8-3-10(9-13(14)18)15-20-16(22-21-15)19-12-6-4-11(17)5-7-12/h3-9H,2H2,1H3,(H2,19,20,21,22). The molecule has 0 aliphatic rings. The highest BCUT2D eigenvalue weighted by atomic mass is 35.5. The molecule has 0 aliphatic carbocycles. The van der Waals surface area contributed by atoms with Gasteiger partial charge in [-0.1, -0.05) is 23.2 Å². The number of aromatic nitrogens is 3. The van der Waals surface area contributed by atoms with Gasteiger partial charge in [-0.25, -0.2) is 0 Å². The van der Waals surface area contributed by atoms with Gasteiger partial charge in [0.2, 0.25) is 5.95 Å². The quantitative estimate of drug-likeness (QED) is 0.686. The van der Waals surface area contributed by atoms with Crippen molar-refractivity contribution in [2.75, 3.05) is 11.9 Å². The van der Waals surface area contributed by atoms with Gasteiger partial charge in [0.1, 0.15) is 5.75 Å². The van der Waals surface area contributed by atoms with E-state index in [4.69, 9.17) is 27.9 Å². The second kappa shape index (κ2) is 6.89. The van der Waals surface area contributed by atoms with Crippen LogP contribution in [0.25, 0.3) is 11.4 Å². The Labute approximate surface area is 143 Å². The Morgan fingerprint density at radius 2 is 1.91 bits per heavy atom. The van der Waals surface area contributed by atoms with Crippen LogP contribution in [-0.4, -0.2) is 21.8 Å². The smallest absolute Gasteiger partial charge is 0.246 e. The number of aromatic amines is 1. The van der Waals surface area contributed by atoms with Crippen molar-refractivity contribution in [2.45, 2.75) is 6.92 Å². The molecule has 0 fully saturated rings. The zero-order chi connectivity index (χ0) is 16.2. The highest BCUT2D eigenvalue weighted by Gasteiger charge is 2.09. The number of ether oxygens (including phenoxy) is 1. The first-order chi connectivity index (χ1) is 11.2. The molecule has 0 unspecified atom stereocenters. The lowest BCUT2D eigenvalue weighted by molar-refractivity contribution is 0.340. The Balaban J connectivity index is 1.78. The summed E-state index contributed by atoms with van der Waals surface area (Å²) in [6.45, 7) is 2.48. The van der Waals surface area contributed by atoms with Crippen LogP contribution >= 0.6 is 23.2 Å². The fourth-order valence-corrected chi connectivity index (χ4v) is 2.39. The molecule has 3 rings (SSSR count). The molecular weight excluding hydrogens is 335 g/mol. The van der Waals surface area contributed by atoms with Crippen LogP contribution in [0.1, 0.15) is 6.92 Å². The highest BCUT2D eigenvalue weighted by Crippen LogP contribution is 2.29. The second-order valence-electron chi connectivity index (χ2n) is 4.72. The van der Waals surface area contributed by atoms with E-state index in [0.717, 1.165) is 11.3 Å². The monoisotopic (exact) mass is 348 g/mol. The van der Waals surface area contributed by atoms with Crippen molar-refractivity contribution >= 4 is 34.8 Å². The fraction of sp³-hybridized carbons (Fsp3) is 0.125. The predicted octanol–water partition coefficient (Wildman–Crippen LogP) is 4.92. The number of nitrogens with zero attached hydrogens (tertiary/aromatic N) is 2. The van der Waals surface area contributed by atoms with Crippen LogP contribution in [0.5, 0.6) is 5.75 Å². The topological polar surface area (TPSA) is 62.8 Å². The summed E-state index contributed by atoms with van der Waals surface area (Å²) in [6, 6.07) is 12.8. The number of halogens is 2. The molecule has 0 atom stereocenters. The van der Waals surface area contributed by atoms with Gasteiger partial charge >= 0.3 is 0 Å². The molecule has 0 spiro atoms. The van der Waals surface area contributed by atoms with Gasteiger partial charge in [0.05, 0.1) is 11.6 Å². The van der Waals surface area contributed by atoms with Crippen molar-refractivity contribution in [3.05, 3.63) is 52.5 Å². The molecule has 0 saturated heterocycles. The van der Waals surface area contributed by atoms with Crippen molar-refractivity contribution in [1.29, 1.82) is 0 Å². The van der Waals surface area contributed by atoms with E-state index in [9.17, 15) is 0 Å². The molecular formula is C16H14Cl2N4O. The van der Waals surface area contributed by atoms with E-state index in [-0.39, 0.29) is 0 Å². The van der Waals surface area contributed by atoms with Gasteiger partial charge in [-0.3, -0.25) is 5.10 Å². The summed E-state index contributed by atoms with van der Waals surface area (Å²) in [4.78, 5) is 4.40. The Bertz CT molecular complexity index is 802. The average Bonchev–Trinajstić information content (AvgIpc) is 3.00. The molecule has 0 aliphatic heterocycles. The molecule has 5 nitrogen and oxygen atoms in total. The van der Waals surface area contributed by atoms with Crippen LogP contribution in [0, 0.1) is 0 Å². The largest absolute Gasteiger partial charge is 0.492 e. The Morgan fingerprint density at radius 1 is 1.13 bits per heavy atom. The summed E-state index contributed by atoms with van der Waals surface area (Å²) in [5.74, 6) is 1.73. The SMILES string of the molecule is CCOc1ccc(-c2nc(Nc3ccc(Cl)cc3)n[nH]2)cc1Cl. The van der Waals surface area contributed by atoms with Gasteiger partial charge < -0.3 is 10.1 Å². The number of hydrogen-bond donors (Lipinski definition) is 2. The number of nitrogens with one attached hydrogen (secondary N) is 2. The molecule has 3 aromatic rings. The number of H-pyrrole nitrogens is 1. The zero-order valence-electron chi connectivity index (χ0n) is 12.3. The van der Waals surface area contributed by atoms with Gasteiger partial charge in [-0.2, -0.15) is 4.98 Å². The van der Waals surface area contributed by atoms with Crippen molar-refractivity contribution in [3.63, 3.8) is 0 Å². The Morgan fingerprint density at radius 3 is 2.61 bits per heavy atom. The summed E-state index contributed by atoms with van der Waals surface area (Å²) in [5, 5.41) is 11.3. The molecule has 1 heterocycles. The van der Waals surface area contributed by atoms with Crippen LogP contribution in [0.4, 0.5) is 11.6 Å². The third-order valence-corrected chi connectivity index (χ3v) is 3.64. The van der Waals surface area contributed by atoms with Crippen LogP contribution < -0.4 is 10.1 Å². The van der Waals surface area contributed by atoms with Crippen molar-refractivity contribution in [1.82, 2.24) is 15.2 Å². The zero-order valence-corrected chi connectivity index (χ0v) is 13.8. The maximum atomic E-state index is 6.19. The molecule has 0 radical (unpaired) electrons. The third kappa shape index (κ3) is 3.75. The van der Waals surface area contributed by atoms with Crippen molar-refractivity contribution < 1.29 is 4.74 Å². The molecule has 0 amide bonds. The van der Waals surface area contributed by atoms with Gasteiger partial charge in [0.15, 0.2) is 5.82 Å². The van der Waals surface area contributed by atoms with E-state index >= 15 is 0 Å². The Kier molecular flexibility index (Phi) is 4.69. The first kappa shape index (κ1) is 15.6. The van der Waals surface area contributed by atoms with Gasteiger partial charge in [-0.05, 0) is 49.4 Å². The summed E-state index contributed by atoms with van der Waals surface area (Å²) in [6.07, 6.45) is 0. The number of benzene rings is 2. The number of hydrogen-bond acceptors (Lipinski definition) is 4. The molecule has 118 valence electrons. The van der Waals surface area contributed by atoms with E-state index < -0.39 is 0 Å². The van der Waals surface area contributed by atoms with Crippen molar-refractivity contribution in [3.8, 4) is 17.1 Å². The van der Waals surface area contributed by atoms with Crippen LogP contribution in [0.15, 0.2) is 42.5 Å². The molecule has 7 heteroatoms. The van der Waals surface area contributed by atoms with Crippen LogP contribution in [0.2, 0.25) is 10.0 Å². The normalized spacial score (nSPS) is 10.6. The van der Waals surface area contributed by atoms with E-state index in [1.165, 1.54) is 0 Å². The molecule has 23 heavy (non-hydrogen) atoms. The maximum Gasteiger partial charge on any atom is 0.246 e. The van der Waals surface area contributed by atoms with Gasteiger partial charge in [0.25, 0.3) is 0 Å². The van der Waals surface area contributed by atoms with Crippen LogP contribution in [0.3, 0.4) is 0 Å². The second-order valence-corrected chi connectivity index (χ2v) is 5.56. The van der Waals surface area contributed by atoms with Crippen LogP contribution in [-0.2, 0) is 0 Å². The first-order valence-corrected chi connectivity index (χ1v) is 7.79. The van der Waals surface area contributed by atoms with E-state index in [1.54, 1.807) is 18.2 Å². The summed E-state index contributed by atoms with van der Waals surface area (Å²) in [5.41, 5.74) is 1.68. The molecule has 0 saturated carbocycles. The molecule has 2 aromatic carbocycles. The lowest BCUT2D eigenvalue weighted by Gasteiger charge is -2.06. The first-order valence-electron chi connectivity index (χ1n) is 7.03. The van der Waals surface area contributed by atoms with E-state index in [2.05, 4.69) is 20.5 Å². The number of rotatable bonds is 5. The minimum Gasteiger partial charge on any atom is -0.492 e. The molecule has 1 aromatic heterocycles. The predicted molar refractivity (Wildman–Crippen MR) is 92.7 cm³/mol. The van der Waals surface area contributed by atoms with E-state index in [1.807, 2.05) is 31.2 Å². The summed E-state index contributed by atoms with van der Waals surface area (Å²) in [7, 11) is 0. The Hall–Kier alpha value is -2.24. The maximum absolute atomic E-state index is 6.19. The highest BCUT2D eigenvalue weighted by molar-refractivity contribution is 6.32.